The molecule has 0 bridgehead atoms. The van der Waals surface area contributed by atoms with Gasteiger partial charge >= 0.3 is 0 Å². The lowest BCUT2D eigenvalue weighted by molar-refractivity contribution is -0.0386. The van der Waals surface area contributed by atoms with Crippen LogP contribution in [0.4, 0.5) is 0 Å². The van der Waals surface area contributed by atoms with Gasteiger partial charge in [0.15, 0.2) is 0 Å². The normalized spacial score (nSPS) is 23.3. The molecule has 1 unspecified atom stereocenters. The van der Waals surface area contributed by atoms with Crippen molar-refractivity contribution in [3.8, 4) is 0 Å². The zero-order valence-corrected chi connectivity index (χ0v) is 6.18. The lowest BCUT2D eigenvalue weighted by atomic mass is 10.00. The Labute approximate surface area is 56.6 Å². The Morgan fingerprint density at radius 1 is 1.67 bits per heavy atom. The minimum absolute atomic E-state index is 0.652. The van der Waals surface area contributed by atoms with Gasteiger partial charge in [0.1, 0.15) is 0 Å². The molecule has 0 aromatic carbocycles. The van der Waals surface area contributed by atoms with E-state index in [1.807, 2.05) is 7.05 Å². The molecule has 0 radical (unpaired) electrons. The molecule has 1 aliphatic rings. The summed E-state index contributed by atoms with van der Waals surface area (Å²) in [6, 6.07) is 0.652. The highest BCUT2D eigenvalue weighted by Crippen LogP contribution is 2.15. The summed E-state index contributed by atoms with van der Waals surface area (Å²) in [5, 5.41) is 3.21. The first-order valence-corrected chi connectivity index (χ1v) is 3.58. The molecule has 1 aliphatic heterocycles. The van der Waals surface area contributed by atoms with Crippen molar-refractivity contribution in [3.63, 3.8) is 0 Å². The summed E-state index contributed by atoms with van der Waals surface area (Å²) in [5.41, 5.74) is 0. The molecule has 1 fully saturated rings. The van der Waals surface area contributed by atoms with E-state index in [4.69, 9.17) is 4.74 Å². The van der Waals surface area contributed by atoms with Gasteiger partial charge in [0.05, 0.1) is 13.2 Å². The third kappa shape index (κ3) is 1.95. The van der Waals surface area contributed by atoms with Gasteiger partial charge in [-0.25, -0.2) is 0 Å². The Hall–Kier alpha value is -0.0800. The summed E-state index contributed by atoms with van der Waals surface area (Å²) in [4.78, 5) is 0. The highest BCUT2D eigenvalue weighted by molar-refractivity contribution is 4.70. The van der Waals surface area contributed by atoms with Crippen LogP contribution in [0.5, 0.6) is 0 Å². The molecule has 0 amide bonds. The Morgan fingerprint density at radius 2 is 2.33 bits per heavy atom. The van der Waals surface area contributed by atoms with Crippen LogP contribution < -0.4 is 5.32 Å². The Kier molecular flexibility index (Phi) is 2.49. The maximum Gasteiger partial charge on any atom is 0.0517 e. The molecule has 1 heterocycles. The van der Waals surface area contributed by atoms with E-state index in [1.165, 1.54) is 6.42 Å². The maximum absolute atomic E-state index is 5.05. The Balaban J connectivity index is 2.01. The number of hydrogen-bond donors (Lipinski definition) is 1. The first kappa shape index (κ1) is 7.03. The molecule has 54 valence electrons. The fraction of sp³-hybridized carbons (Fsp3) is 1.00. The summed E-state index contributed by atoms with van der Waals surface area (Å²) in [6.07, 6.45) is 1.26. The molecule has 0 aromatic heterocycles. The number of rotatable bonds is 3. The van der Waals surface area contributed by atoms with Gasteiger partial charge in [0, 0.05) is 12.0 Å². The highest BCUT2D eigenvalue weighted by atomic mass is 16.5. The average Bonchev–Trinajstić information content (AvgIpc) is 1.78. The lowest BCUT2D eigenvalue weighted by Gasteiger charge is -2.28. The second kappa shape index (κ2) is 3.18. The lowest BCUT2D eigenvalue weighted by Crippen LogP contribution is -2.34. The molecule has 1 atom stereocenters. The van der Waals surface area contributed by atoms with Gasteiger partial charge in [-0.05, 0) is 20.4 Å². The second-order valence-corrected chi connectivity index (χ2v) is 2.83. The van der Waals surface area contributed by atoms with E-state index in [0.29, 0.717) is 6.04 Å². The fourth-order valence-electron chi connectivity index (χ4n) is 1.04. The third-order valence-electron chi connectivity index (χ3n) is 1.89. The van der Waals surface area contributed by atoms with Crippen LogP contribution >= 0.6 is 0 Å². The van der Waals surface area contributed by atoms with Crippen LogP contribution in [0.3, 0.4) is 0 Å². The van der Waals surface area contributed by atoms with Crippen molar-refractivity contribution in [2.45, 2.75) is 19.4 Å². The minimum Gasteiger partial charge on any atom is -0.381 e. The van der Waals surface area contributed by atoms with Gasteiger partial charge in [-0.15, -0.1) is 0 Å². The van der Waals surface area contributed by atoms with Crippen LogP contribution in [-0.2, 0) is 4.74 Å². The van der Waals surface area contributed by atoms with E-state index in [1.54, 1.807) is 0 Å². The fourth-order valence-corrected chi connectivity index (χ4v) is 1.04. The molecule has 1 N–H and O–H groups in total. The predicted octanol–water partition coefficient (Wildman–Crippen LogP) is 0.631. The Bertz CT molecular complexity index is 78.2. The van der Waals surface area contributed by atoms with Crippen LogP contribution in [0, 0.1) is 5.92 Å². The monoisotopic (exact) mass is 129 g/mol. The van der Waals surface area contributed by atoms with E-state index < -0.39 is 0 Å². The molecular formula is C7H15NO. The van der Waals surface area contributed by atoms with Crippen molar-refractivity contribution in [2.75, 3.05) is 20.3 Å². The third-order valence-corrected chi connectivity index (χ3v) is 1.89. The van der Waals surface area contributed by atoms with Crippen molar-refractivity contribution < 1.29 is 4.74 Å². The van der Waals surface area contributed by atoms with Crippen molar-refractivity contribution in [1.29, 1.82) is 0 Å². The van der Waals surface area contributed by atoms with Gasteiger partial charge in [0.2, 0.25) is 0 Å². The molecule has 0 aromatic rings. The van der Waals surface area contributed by atoms with Crippen LogP contribution in [0.2, 0.25) is 0 Å². The summed E-state index contributed by atoms with van der Waals surface area (Å²) in [6.45, 7) is 4.16. The number of nitrogens with one attached hydrogen (secondary N) is 1. The zero-order chi connectivity index (χ0) is 6.69. The van der Waals surface area contributed by atoms with E-state index in [2.05, 4.69) is 12.2 Å². The summed E-state index contributed by atoms with van der Waals surface area (Å²) in [5.74, 6) is 0.826. The molecule has 0 saturated carbocycles. The quantitative estimate of drug-likeness (QED) is 0.603. The summed E-state index contributed by atoms with van der Waals surface area (Å²) < 4.78 is 5.05. The van der Waals surface area contributed by atoms with Crippen LogP contribution in [0.1, 0.15) is 13.3 Å². The second-order valence-electron chi connectivity index (χ2n) is 2.83. The first-order chi connectivity index (χ1) is 4.33. The van der Waals surface area contributed by atoms with E-state index in [9.17, 15) is 0 Å². The minimum atomic E-state index is 0.652. The molecule has 1 rings (SSSR count). The first-order valence-electron chi connectivity index (χ1n) is 3.58. The SMILES string of the molecule is CNC(C)CC1COC1. The van der Waals surface area contributed by atoms with Crippen molar-refractivity contribution in [1.82, 2.24) is 5.32 Å². The van der Waals surface area contributed by atoms with Gasteiger partial charge in [-0.3, -0.25) is 0 Å². The van der Waals surface area contributed by atoms with Gasteiger partial charge in [0.25, 0.3) is 0 Å². The Morgan fingerprint density at radius 3 is 2.67 bits per heavy atom. The average molecular weight is 129 g/mol. The molecule has 2 nitrogen and oxygen atoms in total. The molecule has 9 heavy (non-hydrogen) atoms. The van der Waals surface area contributed by atoms with Crippen molar-refractivity contribution in [2.24, 2.45) is 5.92 Å². The topological polar surface area (TPSA) is 21.3 Å². The van der Waals surface area contributed by atoms with Crippen LogP contribution in [-0.4, -0.2) is 26.3 Å². The van der Waals surface area contributed by atoms with E-state index >= 15 is 0 Å². The van der Waals surface area contributed by atoms with Crippen LogP contribution in [0.15, 0.2) is 0 Å². The molecule has 0 spiro atoms. The largest absolute Gasteiger partial charge is 0.381 e. The van der Waals surface area contributed by atoms with E-state index in [0.717, 1.165) is 19.1 Å². The van der Waals surface area contributed by atoms with Gasteiger partial charge in [-0.2, -0.15) is 0 Å². The predicted molar refractivity (Wildman–Crippen MR) is 37.4 cm³/mol. The number of ether oxygens (including phenoxy) is 1. The van der Waals surface area contributed by atoms with E-state index in [-0.39, 0.29) is 0 Å². The number of hydrogen-bond acceptors (Lipinski definition) is 2. The maximum atomic E-state index is 5.05. The van der Waals surface area contributed by atoms with Gasteiger partial charge < -0.3 is 10.1 Å². The summed E-state index contributed by atoms with van der Waals surface area (Å²) in [7, 11) is 2.00. The molecule has 1 saturated heterocycles. The zero-order valence-electron chi connectivity index (χ0n) is 6.18. The molecule has 0 aliphatic carbocycles. The highest BCUT2D eigenvalue weighted by Gasteiger charge is 2.19. The van der Waals surface area contributed by atoms with Gasteiger partial charge in [-0.1, -0.05) is 0 Å². The smallest absolute Gasteiger partial charge is 0.0517 e. The molecule has 2 heteroatoms. The standard InChI is InChI=1S/C7H15NO/c1-6(8-2)3-7-4-9-5-7/h6-8H,3-5H2,1-2H3. The van der Waals surface area contributed by atoms with Crippen molar-refractivity contribution >= 4 is 0 Å². The van der Waals surface area contributed by atoms with Crippen LogP contribution in [0.25, 0.3) is 0 Å². The summed E-state index contributed by atoms with van der Waals surface area (Å²) >= 11 is 0. The van der Waals surface area contributed by atoms with Crippen molar-refractivity contribution in [3.05, 3.63) is 0 Å². The molecular weight excluding hydrogens is 114 g/mol.